The van der Waals surface area contributed by atoms with E-state index < -0.39 is 15.9 Å². The first-order chi connectivity index (χ1) is 14.9. The van der Waals surface area contributed by atoms with Gasteiger partial charge in [-0.05, 0) is 31.0 Å². The highest BCUT2D eigenvalue weighted by Gasteiger charge is 2.32. The molecule has 8 heteroatoms. The summed E-state index contributed by atoms with van der Waals surface area (Å²) in [6.45, 7) is 4.05. The van der Waals surface area contributed by atoms with Crippen LogP contribution >= 0.6 is 0 Å². The first kappa shape index (κ1) is 21.5. The third-order valence-electron chi connectivity index (χ3n) is 5.81. The van der Waals surface area contributed by atoms with Crippen LogP contribution in [0.4, 0.5) is 0 Å². The van der Waals surface area contributed by atoms with Crippen molar-refractivity contribution in [3.8, 4) is 0 Å². The predicted molar refractivity (Wildman–Crippen MR) is 122 cm³/mol. The van der Waals surface area contributed by atoms with Crippen molar-refractivity contribution >= 4 is 26.8 Å². The molecule has 3 aromatic rings. The molecule has 0 bridgehead atoms. The summed E-state index contributed by atoms with van der Waals surface area (Å²) in [7, 11) is -3.01. The average molecular weight is 441 g/mol. The zero-order chi connectivity index (χ0) is 21.8. The Kier molecular flexibility index (Phi) is 6.38. The molecular formula is C23H28N4O3S. The van der Waals surface area contributed by atoms with Crippen molar-refractivity contribution in [1.29, 1.82) is 0 Å². The van der Waals surface area contributed by atoms with Crippen LogP contribution in [0.1, 0.15) is 23.9 Å². The molecule has 1 atom stereocenters. The molecule has 164 valence electrons. The maximum atomic E-state index is 13.1. The molecule has 7 nitrogen and oxygen atoms in total. The van der Waals surface area contributed by atoms with Crippen molar-refractivity contribution in [2.45, 2.75) is 25.9 Å². The highest BCUT2D eigenvalue weighted by molar-refractivity contribution is 7.91. The molecule has 0 saturated carbocycles. The number of para-hydroxylation sites is 2. The quantitative estimate of drug-likeness (QED) is 0.570. The zero-order valence-corrected chi connectivity index (χ0v) is 18.5. The van der Waals surface area contributed by atoms with Crippen LogP contribution in [0, 0.1) is 6.92 Å². The Morgan fingerprint density at radius 3 is 2.48 bits per heavy atom. The number of hydrogen-bond acceptors (Lipinski definition) is 5. The molecule has 0 spiro atoms. The second kappa shape index (κ2) is 9.20. The van der Waals surface area contributed by atoms with Gasteiger partial charge in [0.05, 0.1) is 22.5 Å². The number of aryl methyl sites for hydroxylation is 2. The highest BCUT2D eigenvalue weighted by atomic mass is 32.2. The Morgan fingerprint density at radius 1 is 1.06 bits per heavy atom. The van der Waals surface area contributed by atoms with E-state index in [2.05, 4.69) is 20.9 Å². The van der Waals surface area contributed by atoms with E-state index in [0.29, 0.717) is 19.6 Å². The van der Waals surface area contributed by atoms with Gasteiger partial charge in [0.2, 0.25) is 5.91 Å². The van der Waals surface area contributed by atoms with Gasteiger partial charge in [-0.2, -0.15) is 0 Å². The fourth-order valence-electron chi connectivity index (χ4n) is 4.17. The van der Waals surface area contributed by atoms with E-state index in [1.807, 2.05) is 60.4 Å². The fraction of sp³-hybridized carbons (Fsp3) is 0.391. The van der Waals surface area contributed by atoms with Crippen LogP contribution in [0.3, 0.4) is 0 Å². The van der Waals surface area contributed by atoms with Gasteiger partial charge in [0, 0.05) is 26.2 Å². The molecule has 2 heterocycles. The van der Waals surface area contributed by atoms with Gasteiger partial charge in [0.15, 0.2) is 9.84 Å². The molecule has 0 radical (unpaired) electrons. The van der Waals surface area contributed by atoms with Gasteiger partial charge in [-0.25, -0.2) is 13.4 Å². The van der Waals surface area contributed by atoms with Crippen LogP contribution in [-0.2, 0) is 21.2 Å². The molecule has 1 fully saturated rings. The number of imidazole rings is 1. The second-order valence-corrected chi connectivity index (χ2v) is 10.2. The predicted octanol–water partition coefficient (Wildman–Crippen LogP) is 2.32. The molecule has 2 aromatic carbocycles. The SMILES string of the molecule is Cc1nc2ccccc2n1CCCNC(=O)C(c1ccccc1)N1CCS(=O)(=O)CC1. The van der Waals surface area contributed by atoms with Gasteiger partial charge in [-0.15, -0.1) is 0 Å². The number of nitrogens with one attached hydrogen (secondary N) is 1. The van der Waals surface area contributed by atoms with Gasteiger partial charge in [0.1, 0.15) is 11.9 Å². The molecule has 0 aliphatic carbocycles. The Bertz CT molecular complexity index is 1140. The van der Waals surface area contributed by atoms with E-state index in [1.54, 1.807) is 0 Å². The number of amides is 1. The van der Waals surface area contributed by atoms with Crippen LogP contribution in [-0.4, -0.2) is 59.9 Å². The first-order valence-corrected chi connectivity index (χ1v) is 12.5. The van der Waals surface area contributed by atoms with E-state index in [9.17, 15) is 13.2 Å². The van der Waals surface area contributed by atoms with Crippen molar-refractivity contribution in [3.05, 3.63) is 66.0 Å². The summed E-state index contributed by atoms with van der Waals surface area (Å²) >= 11 is 0. The van der Waals surface area contributed by atoms with Crippen LogP contribution in [0.15, 0.2) is 54.6 Å². The average Bonchev–Trinajstić information content (AvgIpc) is 3.08. The van der Waals surface area contributed by atoms with E-state index in [1.165, 1.54) is 0 Å². The smallest absolute Gasteiger partial charge is 0.241 e. The maximum absolute atomic E-state index is 13.1. The molecule has 31 heavy (non-hydrogen) atoms. The molecular weight excluding hydrogens is 412 g/mol. The second-order valence-electron chi connectivity index (χ2n) is 7.94. The normalized spacial score (nSPS) is 17.5. The largest absolute Gasteiger partial charge is 0.354 e. The lowest BCUT2D eigenvalue weighted by Crippen LogP contribution is -2.47. The van der Waals surface area contributed by atoms with E-state index in [4.69, 9.17) is 0 Å². The monoisotopic (exact) mass is 440 g/mol. The van der Waals surface area contributed by atoms with Crippen molar-refractivity contribution in [2.24, 2.45) is 0 Å². The summed E-state index contributed by atoms with van der Waals surface area (Å²) in [5.74, 6) is 1.06. The van der Waals surface area contributed by atoms with Crippen molar-refractivity contribution in [3.63, 3.8) is 0 Å². The summed E-state index contributed by atoms with van der Waals surface area (Å²) in [5.41, 5.74) is 2.96. The molecule has 1 N–H and O–H groups in total. The maximum Gasteiger partial charge on any atom is 0.241 e. The number of hydrogen-bond donors (Lipinski definition) is 1. The van der Waals surface area contributed by atoms with Gasteiger partial charge in [-0.1, -0.05) is 42.5 Å². The summed E-state index contributed by atoms with van der Waals surface area (Å²) in [6, 6.07) is 17.1. The van der Waals surface area contributed by atoms with E-state index in [-0.39, 0.29) is 17.4 Å². The topological polar surface area (TPSA) is 84.3 Å². The Hall–Kier alpha value is -2.71. The van der Waals surface area contributed by atoms with E-state index >= 15 is 0 Å². The molecule has 1 amide bonds. The standard InChI is InChI=1S/C23H28N4O3S/c1-18-25-20-10-5-6-11-21(20)27(18)13-7-12-24-23(28)22(19-8-3-2-4-9-19)26-14-16-31(29,30)17-15-26/h2-6,8-11,22H,7,12-17H2,1H3,(H,24,28). The van der Waals surface area contributed by atoms with Crippen molar-refractivity contribution < 1.29 is 13.2 Å². The summed E-state index contributed by atoms with van der Waals surface area (Å²) in [5, 5.41) is 3.07. The minimum atomic E-state index is -3.01. The van der Waals surface area contributed by atoms with E-state index in [0.717, 1.165) is 35.4 Å². The minimum absolute atomic E-state index is 0.0855. The lowest BCUT2D eigenvalue weighted by molar-refractivity contribution is -0.126. The summed E-state index contributed by atoms with van der Waals surface area (Å²) < 4.78 is 25.8. The molecule has 1 aliphatic heterocycles. The van der Waals surface area contributed by atoms with Crippen LogP contribution in [0.2, 0.25) is 0 Å². The Balaban J connectivity index is 1.40. The van der Waals surface area contributed by atoms with Gasteiger partial charge in [0.25, 0.3) is 0 Å². The lowest BCUT2D eigenvalue weighted by atomic mass is 10.0. The van der Waals surface area contributed by atoms with Crippen molar-refractivity contribution in [2.75, 3.05) is 31.1 Å². The van der Waals surface area contributed by atoms with Crippen LogP contribution in [0.5, 0.6) is 0 Å². The number of aromatic nitrogens is 2. The summed E-state index contributed by atoms with van der Waals surface area (Å²) in [4.78, 5) is 19.7. The zero-order valence-electron chi connectivity index (χ0n) is 17.7. The van der Waals surface area contributed by atoms with Gasteiger partial charge < -0.3 is 9.88 Å². The van der Waals surface area contributed by atoms with Crippen LogP contribution in [0.25, 0.3) is 11.0 Å². The number of rotatable bonds is 7. The lowest BCUT2D eigenvalue weighted by Gasteiger charge is -2.33. The third kappa shape index (κ3) is 4.97. The Labute approximate surface area is 183 Å². The summed E-state index contributed by atoms with van der Waals surface area (Å²) in [6.07, 6.45) is 0.781. The molecule has 1 saturated heterocycles. The number of benzene rings is 2. The number of carbonyl (C=O) groups is 1. The Morgan fingerprint density at radius 2 is 1.74 bits per heavy atom. The molecule has 1 aliphatic rings. The molecule has 4 rings (SSSR count). The number of carbonyl (C=O) groups excluding carboxylic acids is 1. The first-order valence-electron chi connectivity index (χ1n) is 10.6. The van der Waals surface area contributed by atoms with Crippen LogP contribution < -0.4 is 5.32 Å². The molecule has 1 aromatic heterocycles. The number of nitrogens with zero attached hydrogens (tertiary/aromatic N) is 3. The van der Waals surface area contributed by atoms with Crippen molar-refractivity contribution in [1.82, 2.24) is 19.8 Å². The third-order valence-corrected chi connectivity index (χ3v) is 7.42. The number of sulfone groups is 1. The van der Waals surface area contributed by atoms with Gasteiger partial charge >= 0.3 is 0 Å². The number of fused-ring (bicyclic) bond motifs is 1. The van der Waals surface area contributed by atoms with Gasteiger partial charge in [-0.3, -0.25) is 9.69 Å². The minimum Gasteiger partial charge on any atom is -0.354 e. The molecule has 1 unspecified atom stereocenters. The highest BCUT2D eigenvalue weighted by Crippen LogP contribution is 2.23. The fourth-order valence-corrected chi connectivity index (χ4v) is 5.40.